The lowest BCUT2D eigenvalue weighted by atomic mass is 10.1. The van der Waals surface area contributed by atoms with Crippen molar-refractivity contribution in [2.24, 2.45) is 0 Å². The van der Waals surface area contributed by atoms with Crippen molar-refractivity contribution in [2.45, 2.75) is 18.9 Å². The second-order valence-corrected chi connectivity index (χ2v) is 4.94. The maximum Gasteiger partial charge on any atom is 0.264 e. The fraction of sp³-hybridized carbons (Fsp3) is 0.357. The second kappa shape index (κ2) is 5.32. The Balaban J connectivity index is 1.70. The number of hydrogen-bond acceptors (Lipinski definition) is 3. The Morgan fingerprint density at radius 3 is 2.63 bits per heavy atom. The Hall–Kier alpha value is -2.01. The zero-order valence-electron chi connectivity index (χ0n) is 10.7. The van der Waals surface area contributed by atoms with Crippen molar-refractivity contribution in [3.05, 3.63) is 40.7 Å². The smallest absolute Gasteiger partial charge is 0.264 e. The number of rotatable bonds is 3. The first-order chi connectivity index (χ1) is 9.31. The van der Waals surface area contributed by atoms with Crippen molar-refractivity contribution < 1.29 is 0 Å². The van der Waals surface area contributed by atoms with E-state index < -0.39 is 0 Å². The molecular formula is C14H18N4O. The van der Waals surface area contributed by atoms with Gasteiger partial charge in [-0.3, -0.25) is 15.0 Å². The summed E-state index contributed by atoms with van der Waals surface area (Å²) >= 11 is 0. The van der Waals surface area contributed by atoms with Gasteiger partial charge in [-0.1, -0.05) is 12.1 Å². The lowest BCUT2D eigenvalue weighted by Gasteiger charge is -2.24. The van der Waals surface area contributed by atoms with Gasteiger partial charge >= 0.3 is 0 Å². The number of H-pyrrole nitrogens is 2. The maximum absolute atomic E-state index is 11.1. The van der Waals surface area contributed by atoms with Crippen molar-refractivity contribution in [1.29, 1.82) is 0 Å². The second-order valence-electron chi connectivity index (χ2n) is 4.94. The highest BCUT2D eigenvalue weighted by atomic mass is 16.1. The molecule has 3 rings (SSSR count). The lowest BCUT2D eigenvalue weighted by Crippen LogP contribution is -2.38. The third-order valence-corrected chi connectivity index (χ3v) is 3.46. The van der Waals surface area contributed by atoms with Crippen LogP contribution in [0.2, 0.25) is 0 Å². The molecule has 0 amide bonds. The molecule has 1 aromatic heterocycles. The van der Waals surface area contributed by atoms with Crippen LogP contribution in [0.1, 0.15) is 12.8 Å². The van der Waals surface area contributed by atoms with E-state index in [4.69, 9.17) is 0 Å². The average Bonchev–Trinajstić information content (AvgIpc) is 2.87. The first-order valence-electron chi connectivity index (χ1n) is 6.67. The first-order valence-corrected chi connectivity index (χ1v) is 6.67. The van der Waals surface area contributed by atoms with E-state index in [1.807, 2.05) is 12.1 Å². The zero-order valence-corrected chi connectivity index (χ0v) is 10.7. The van der Waals surface area contributed by atoms with Crippen molar-refractivity contribution in [1.82, 2.24) is 15.5 Å². The molecule has 5 heteroatoms. The molecule has 0 aliphatic carbocycles. The fourth-order valence-electron chi connectivity index (χ4n) is 2.44. The Morgan fingerprint density at radius 1 is 1.16 bits per heavy atom. The van der Waals surface area contributed by atoms with E-state index in [-0.39, 0.29) is 5.56 Å². The predicted octanol–water partition coefficient (Wildman–Crippen LogP) is 1.53. The lowest BCUT2D eigenvalue weighted by molar-refractivity contribution is 0.480. The Morgan fingerprint density at radius 2 is 2.00 bits per heavy atom. The monoisotopic (exact) mass is 258 g/mol. The van der Waals surface area contributed by atoms with Crippen LogP contribution in [0.5, 0.6) is 0 Å². The molecular weight excluding hydrogens is 240 g/mol. The summed E-state index contributed by atoms with van der Waals surface area (Å²) in [7, 11) is 0. The van der Waals surface area contributed by atoms with Gasteiger partial charge in [0.1, 0.15) is 0 Å². The molecule has 2 heterocycles. The summed E-state index contributed by atoms with van der Waals surface area (Å²) in [6.07, 6.45) is 2.43. The van der Waals surface area contributed by atoms with Crippen LogP contribution in [0.25, 0.3) is 11.3 Å². The minimum Gasteiger partial charge on any atom is -0.381 e. The molecule has 0 saturated carbocycles. The van der Waals surface area contributed by atoms with Crippen LogP contribution in [0.4, 0.5) is 5.69 Å². The van der Waals surface area contributed by atoms with Crippen LogP contribution in [0.15, 0.2) is 35.1 Å². The van der Waals surface area contributed by atoms with E-state index in [1.165, 1.54) is 12.8 Å². The van der Waals surface area contributed by atoms with Gasteiger partial charge in [-0.15, -0.1) is 0 Å². The van der Waals surface area contributed by atoms with Crippen LogP contribution < -0.4 is 16.2 Å². The summed E-state index contributed by atoms with van der Waals surface area (Å²) in [6, 6.07) is 10.2. The number of nitrogens with one attached hydrogen (secondary N) is 4. The fourth-order valence-corrected chi connectivity index (χ4v) is 2.44. The van der Waals surface area contributed by atoms with E-state index in [2.05, 4.69) is 33.0 Å². The number of piperidine rings is 1. The van der Waals surface area contributed by atoms with Gasteiger partial charge in [-0.05, 0) is 37.1 Å². The van der Waals surface area contributed by atoms with Gasteiger partial charge in [-0.25, -0.2) is 0 Å². The molecule has 2 aromatic rings. The van der Waals surface area contributed by atoms with Gasteiger partial charge in [0.15, 0.2) is 0 Å². The molecule has 1 atom stereocenters. The molecule has 100 valence electrons. The molecule has 4 N–H and O–H groups in total. The normalized spacial score (nSPS) is 19.3. The standard InChI is InChI=1S/C14H18N4O/c19-14-8-13(17-18-14)10-3-5-11(6-4-10)16-12-2-1-7-15-9-12/h3-6,8,12,15-16H,1-2,7,9H2,(H2,17,18,19). The number of aromatic nitrogens is 2. The van der Waals surface area contributed by atoms with Gasteiger partial charge in [0.25, 0.3) is 5.56 Å². The van der Waals surface area contributed by atoms with Gasteiger partial charge in [0.2, 0.25) is 0 Å². The zero-order chi connectivity index (χ0) is 13.1. The summed E-state index contributed by atoms with van der Waals surface area (Å²) in [6.45, 7) is 2.14. The minimum absolute atomic E-state index is 0.106. The van der Waals surface area contributed by atoms with E-state index >= 15 is 0 Å². The number of benzene rings is 1. The van der Waals surface area contributed by atoms with Gasteiger partial charge in [0.05, 0.1) is 5.69 Å². The molecule has 1 fully saturated rings. The van der Waals surface area contributed by atoms with Crippen LogP contribution in [0.3, 0.4) is 0 Å². The molecule has 0 radical (unpaired) electrons. The minimum atomic E-state index is -0.106. The average molecular weight is 258 g/mol. The Bertz CT molecular complexity index is 578. The van der Waals surface area contributed by atoms with Crippen LogP contribution in [-0.4, -0.2) is 29.3 Å². The quantitative estimate of drug-likeness (QED) is 0.674. The third-order valence-electron chi connectivity index (χ3n) is 3.46. The molecule has 1 aliphatic heterocycles. The largest absolute Gasteiger partial charge is 0.381 e. The summed E-state index contributed by atoms with van der Waals surface area (Å²) in [5.41, 5.74) is 2.84. The van der Waals surface area contributed by atoms with Crippen molar-refractivity contribution in [3.8, 4) is 11.3 Å². The van der Waals surface area contributed by atoms with Gasteiger partial charge in [-0.2, -0.15) is 0 Å². The molecule has 5 nitrogen and oxygen atoms in total. The number of hydrogen-bond donors (Lipinski definition) is 4. The summed E-state index contributed by atoms with van der Waals surface area (Å²) in [5, 5.41) is 12.3. The Labute approximate surface area is 111 Å². The van der Waals surface area contributed by atoms with E-state index in [1.54, 1.807) is 6.07 Å². The highest BCUT2D eigenvalue weighted by molar-refractivity contribution is 5.62. The van der Waals surface area contributed by atoms with Crippen molar-refractivity contribution >= 4 is 5.69 Å². The van der Waals surface area contributed by atoms with Gasteiger partial charge < -0.3 is 10.6 Å². The predicted molar refractivity (Wildman–Crippen MR) is 76.4 cm³/mol. The molecule has 1 unspecified atom stereocenters. The topological polar surface area (TPSA) is 72.7 Å². The maximum atomic E-state index is 11.1. The van der Waals surface area contributed by atoms with Crippen molar-refractivity contribution in [2.75, 3.05) is 18.4 Å². The first kappa shape index (κ1) is 12.0. The molecule has 1 saturated heterocycles. The SMILES string of the molecule is O=c1cc(-c2ccc(NC3CCCNC3)cc2)[nH][nH]1. The molecule has 1 aliphatic rings. The Kier molecular flexibility index (Phi) is 3.37. The van der Waals surface area contributed by atoms with E-state index in [0.717, 1.165) is 30.0 Å². The third kappa shape index (κ3) is 2.88. The van der Waals surface area contributed by atoms with Crippen LogP contribution in [-0.2, 0) is 0 Å². The summed E-state index contributed by atoms with van der Waals surface area (Å²) in [5.74, 6) is 0. The van der Waals surface area contributed by atoms with Crippen LogP contribution >= 0.6 is 0 Å². The highest BCUT2D eigenvalue weighted by Crippen LogP contribution is 2.19. The molecule has 0 bridgehead atoms. The van der Waals surface area contributed by atoms with E-state index in [0.29, 0.717) is 6.04 Å². The molecule has 1 aromatic carbocycles. The number of aromatic amines is 2. The molecule has 0 spiro atoms. The number of anilines is 1. The van der Waals surface area contributed by atoms with Crippen molar-refractivity contribution in [3.63, 3.8) is 0 Å². The summed E-state index contributed by atoms with van der Waals surface area (Å²) in [4.78, 5) is 11.1. The van der Waals surface area contributed by atoms with E-state index in [9.17, 15) is 4.79 Å². The van der Waals surface area contributed by atoms with Gasteiger partial charge in [0, 0.05) is 24.3 Å². The highest BCUT2D eigenvalue weighted by Gasteiger charge is 2.12. The molecule has 19 heavy (non-hydrogen) atoms. The van der Waals surface area contributed by atoms with Crippen LogP contribution in [0, 0.1) is 0 Å². The summed E-state index contributed by atoms with van der Waals surface area (Å²) < 4.78 is 0.